The highest BCUT2D eigenvalue weighted by Crippen LogP contribution is 2.51. The molecule has 8 atom stereocenters. The highest BCUT2D eigenvalue weighted by Gasteiger charge is 2.56. The first-order valence-electron chi connectivity index (χ1n) is 23.6. The molecule has 1 rings (SSSR count). The largest absolute Gasteiger partial charge is 0.472 e. The van der Waals surface area contributed by atoms with E-state index in [9.17, 15) is 63.1 Å². The van der Waals surface area contributed by atoms with E-state index in [0.717, 1.165) is 77.0 Å². The van der Waals surface area contributed by atoms with Crippen molar-refractivity contribution in [3.05, 3.63) is 24.3 Å². The summed E-state index contributed by atoms with van der Waals surface area (Å²) in [5, 5.41) is 31.8. The van der Waals surface area contributed by atoms with Gasteiger partial charge in [-0.1, -0.05) is 128 Å². The van der Waals surface area contributed by atoms with Crippen molar-refractivity contribution < 1.29 is 90.6 Å². The number of phosphoric acid groups is 3. The SMILES string of the molecule is CCCCCCC=CCCCCCCCC(=O)OCC(COP(=O)(O)OC1C(O)C(O)C(OP(=O)(O)O)C(OP(=O)(O)O)C1O)OC(=O)CCCCCCCC=CCCCCCCCC. The zero-order valence-corrected chi connectivity index (χ0v) is 41.2. The first-order chi connectivity index (χ1) is 30.8. The number of carbonyl (C=O) groups is 2. The maximum atomic E-state index is 13.1. The molecule has 0 spiro atoms. The van der Waals surface area contributed by atoms with Gasteiger partial charge < -0.3 is 49.3 Å². The first-order valence-corrected chi connectivity index (χ1v) is 28.2. The quantitative estimate of drug-likeness (QED) is 0.0124. The lowest BCUT2D eigenvalue weighted by Crippen LogP contribution is -2.65. The number of aliphatic hydroxyl groups excluding tert-OH is 3. The second kappa shape index (κ2) is 35.7. The van der Waals surface area contributed by atoms with Crippen LogP contribution < -0.4 is 0 Å². The fraction of sp³-hybridized carbons (Fsp3) is 0.860. The zero-order chi connectivity index (χ0) is 48.6. The van der Waals surface area contributed by atoms with Gasteiger partial charge in [0, 0.05) is 12.8 Å². The maximum absolute atomic E-state index is 13.1. The van der Waals surface area contributed by atoms with Crippen LogP contribution in [0.3, 0.4) is 0 Å². The molecule has 0 aromatic rings. The molecule has 0 aromatic carbocycles. The summed E-state index contributed by atoms with van der Waals surface area (Å²) in [7, 11) is -16.6. The minimum absolute atomic E-state index is 0.0121. The highest BCUT2D eigenvalue weighted by atomic mass is 31.2. The van der Waals surface area contributed by atoms with Crippen molar-refractivity contribution in [3.63, 3.8) is 0 Å². The van der Waals surface area contributed by atoms with Gasteiger partial charge in [-0.3, -0.25) is 27.7 Å². The predicted octanol–water partition coefficient (Wildman–Crippen LogP) is 8.29. The Morgan fingerprint density at radius 1 is 0.477 bits per heavy atom. The Labute approximate surface area is 386 Å². The van der Waals surface area contributed by atoms with Gasteiger partial charge in [-0.25, -0.2) is 13.7 Å². The molecule has 0 aromatic heterocycles. The van der Waals surface area contributed by atoms with Gasteiger partial charge in [-0.15, -0.1) is 0 Å². The number of rotatable bonds is 40. The van der Waals surface area contributed by atoms with Crippen LogP contribution in [0.5, 0.6) is 0 Å². The molecule has 1 fully saturated rings. The lowest BCUT2D eigenvalue weighted by atomic mass is 9.85. The third-order valence-electron chi connectivity index (χ3n) is 10.7. The van der Waals surface area contributed by atoms with Crippen LogP contribution in [0.15, 0.2) is 24.3 Å². The van der Waals surface area contributed by atoms with Crippen LogP contribution >= 0.6 is 23.5 Å². The molecule has 0 saturated heterocycles. The van der Waals surface area contributed by atoms with Gasteiger partial charge in [0.25, 0.3) is 0 Å². The van der Waals surface area contributed by atoms with Crippen molar-refractivity contribution in [3.8, 4) is 0 Å². The lowest BCUT2D eigenvalue weighted by molar-refractivity contribution is -0.213. The second-order valence-electron chi connectivity index (χ2n) is 16.7. The molecular weight excluding hydrogens is 913 g/mol. The standard InChI is InChI=1S/C43H81O19P3/c1-3-5-7-9-11-13-15-17-18-20-22-24-26-28-30-32-37(45)59-35(33-57-36(44)31-29-27-25-23-21-19-16-14-12-10-8-6-4-2)34-58-65(55,56)62-41-38(46)39(47)42(60-63(49,50)51)43(40(41)48)61-64(52,53)54/h14,16-18,35,38-43,46-48H,3-13,15,19-34H2,1-2H3,(H,55,56)(H2,49,50,51)(H2,52,53,54). The summed E-state index contributed by atoms with van der Waals surface area (Å²) in [5.74, 6) is -1.31. The summed E-state index contributed by atoms with van der Waals surface area (Å²) in [6, 6.07) is 0. The molecule has 0 amide bonds. The summed E-state index contributed by atoms with van der Waals surface area (Å²) in [6.45, 7) is 2.90. The molecule has 8 unspecified atom stereocenters. The molecule has 1 saturated carbocycles. The van der Waals surface area contributed by atoms with E-state index >= 15 is 0 Å². The van der Waals surface area contributed by atoms with Crippen molar-refractivity contribution in [2.24, 2.45) is 0 Å². The van der Waals surface area contributed by atoms with Crippen molar-refractivity contribution >= 4 is 35.4 Å². The molecular formula is C43H81O19P3. The third-order valence-corrected chi connectivity index (χ3v) is 12.8. The number of carbonyl (C=O) groups excluding carboxylic acids is 2. The number of ether oxygens (including phenoxy) is 2. The number of hydrogen-bond donors (Lipinski definition) is 8. The van der Waals surface area contributed by atoms with E-state index in [1.807, 2.05) is 0 Å². The van der Waals surface area contributed by atoms with Gasteiger partial charge in [0.2, 0.25) is 0 Å². The Hall–Kier alpha value is -1.37. The molecule has 8 N–H and O–H groups in total. The number of phosphoric ester groups is 3. The van der Waals surface area contributed by atoms with Crippen LogP contribution in [0, 0.1) is 0 Å². The minimum atomic E-state index is -5.60. The monoisotopic (exact) mass is 994 g/mol. The average Bonchev–Trinajstić information content (AvgIpc) is 3.23. The second-order valence-corrected chi connectivity index (χ2v) is 20.5. The molecule has 0 radical (unpaired) electrons. The molecule has 1 aliphatic rings. The van der Waals surface area contributed by atoms with Crippen molar-refractivity contribution in [1.29, 1.82) is 0 Å². The number of allylic oxidation sites excluding steroid dienone is 4. The zero-order valence-electron chi connectivity index (χ0n) is 38.6. The average molecular weight is 995 g/mol. The number of esters is 2. The smallest absolute Gasteiger partial charge is 0.462 e. The topological polar surface area (TPSA) is 303 Å². The van der Waals surface area contributed by atoms with Gasteiger partial charge in [-0.2, -0.15) is 0 Å². The van der Waals surface area contributed by atoms with Gasteiger partial charge in [0.15, 0.2) is 6.10 Å². The van der Waals surface area contributed by atoms with Crippen LogP contribution in [0.1, 0.15) is 181 Å². The Kier molecular flexibility index (Phi) is 33.9. The minimum Gasteiger partial charge on any atom is -0.462 e. The van der Waals surface area contributed by atoms with E-state index in [2.05, 4.69) is 47.2 Å². The van der Waals surface area contributed by atoms with Crippen LogP contribution in [0.25, 0.3) is 0 Å². The predicted molar refractivity (Wildman–Crippen MR) is 243 cm³/mol. The molecule has 0 aliphatic heterocycles. The molecule has 19 nitrogen and oxygen atoms in total. The first kappa shape index (κ1) is 61.6. The Bertz CT molecular complexity index is 1470. The van der Waals surface area contributed by atoms with E-state index in [0.29, 0.717) is 12.8 Å². The fourth-order valence-electron chi connectivity index (χ4n) is 7.16. The normalized spacial score (nSPS) is 22.1. The van der Waals surface area contributed by atoms with Crippen LogP contribution in [0.4, 0.5) is 0 Å². The van der Waals surface area contributed by atoms with E-state index in [-0.39, 0.29) is 12.8 Å². The number of unbranched alkanes of at least 4 members (excludes halogenated alkanes) is 20. The number of hydrogen-bond acceptors (Lipinski definition) is 14. The van der Waals surface area contributed by atoms with Crippen molar-refractivity contribution in [2.75, 3.05) is 13.2 Å². The van der Waals surface area contributed by atoms with E-state index in [1.165, 1.54) is 64.2 Å². The molecule has 382 valence electrons. The van der Waals surface area contributed by atoms with Gasteiger partial charge in [-0.05, 0) is 64.2 Å². The molecule has 65 heavy (non-hydrogen) atoms. The van der Waals surface area contributed by atoms with E-state index in [1.54, 1.807) is 0 Å². The molecule has 22 heteroatoms. The summed E-state index contributed by atoms with van der Waals surface area (Å²) < 4.78 is 65.4. The Balaban J connectivity index is 2.75. The summed E-state index contributed by atoms with van der Waals surface area (Å²) in [4.78, 5) is 73.1. The van der Waals surface area contributed by atoms with Crippen LogP contribution in [0.2, 0.25) is 0 Å². The van der Waals surface area contributed by atoms with E-state index < -0.39 is 91.3 Å². The van der Waals surface area contributed by atoms with Gasteiger partial charge >= 0.3 is 35.4 Å². The van der Waals surface area contributed by atoms with Crippen molar-refractivity contribution in [1.82, 2.24) is 0 Å². The van der Waals surface area contributed by atoms with Gasteiger partial charge in [0.1, 0.15) is 43.2 Å². The molecule has 1 aliphatic carbocycles. The highest BCUT2D eigenvalue weighted by molar-refractivity contribution is 7.47. The van der Waals surface area contributed by atoms with Gasteiger partial charge in [0.05, 0.1) is 6.61 Å². The van der Waals surface area contributed by atoms with Crippen LogP contribution in [-0.4, -0.2) is 108 Å². The maximum Gasteiger partial charge on any atom is 0.472 e. The summed E-state index contributed by atoms with van der Waals surface area (Å²) in [5.41, 5.74) is 0. The van der Waals surface area contributed by atoms with E-state index in [4.69, 9.17) is 18.5 Å². The van der Waals surface area contributed by atoms with Crippen molar-refractivity contribution in [2.45, 2.75) is 224 Å². The van der Waals surface area contributed by atoms with Crippen LogP contribution in [-0.2, 0) is 50.9 Å². The molecule has 0 heterocycles. The Morgan fingerprint density at radius 3 is 1.29 bits per heavy atom. The Morgan fingerprint density at radius 2 is 0.846 bits per heavy atom. The summed E-state index contributed by atoms with van der Waals surface area (Å²) in [6.07, 6.45) is 17.7. The fourth-order valence-corrected chi connectivity index (χ4v) is 9.26. The number of aliphatic hydroxyl groups is 3. The lowest BCUT2D eigenvalue weighted by Gasteiger charge is -2.44. The summed E-state index contributed by atoms with van der Waals surface area (Å²) >= 11 is 0. The third kappa shape index (κ3) is 32.1. The molecule has 0 bridgehead atoms.